The Labute approximate surface area is 236 Å². The third-order valence-electron chi connectivity index (χ3n) is 8.18. The minimum Gasteiger partial charge on any atom is -0.401 e. The predicted octanol–water partition coefficient (Wildman–Crippen LogP) is 7.28. The molecule has 1 aromatic carbocycles. The van der Waals surface area contributed by atoms with Crippen LogP contribution < -0.4 is 5.73 Å². The van der Waals surface area contributed by atoms with Crippen molar-refractivity contribution in [2.75, 3.05) is 25.4 Å². The highest BCUT2D eigenvalue weighted by Crippen LogP contribution is 2.39. The van der Waals surface area contributed by atoms with Crippen molar-refractivity contribution in [3.63, 3.8) is 0 Å². The molecular formula is C33H46N4S. The van der Waals surface area contributed by atoms with Crippen molar-refractivity contribution in [2.24, 2.45) is 21.6 Å². The standard InChI is InChI=1S/C33H46N4S/c1-6-8-29(27-9-7-10-31-33(36-21-35-31)28(17-27)20-38)32(22(2)3)30-18-26(12-11-23(30)4)25-13-15-37(16-14-25)19-24(5)34/h9,11-12,17-18,21-22,25,31,38H,5-8,10,13-16,19-20,34H2,1-4H3/b27-9+,28-17-,32-29+. The molecule has 1 unspecified atom stereocenters. The van der Waals surface area contributed by atoms with E-state index in [1.165, 1.54) is 51.8 Å². The van der Waals surface area contributed by atoms with Gasteiger partial charge in [0.1, 0.15) is 6.34 Å². The summed E-state index contributed by atoms with van der Waals surface area (Å²) in [5.41, 5.74) is 17.5. The van der Waals surface area contributed by atoms with E-state index in [4.69, 9.17) is 18.4 Å². The highest BCUT2D eigenvalue weighted by molar-refractivity contribution is 7.80. The molecule has 0 bridgehead atoms. The summed E-state index contributed by atoms with van der Waals surface area (Å²) in [5, 5.41) is 0. The maximum Gasteiger partial charge on any atom is 0.111 e. The predicted molar refractivity (Wildman–Crippen MR) is 169 cm³/mol. The summed E-state index contributed by atoms with van der Waals surface area (Å²) < 4.78 is 0. The van der Waals surface area contributed by atoms with Gasteiger partial charge in [0.05, 0.1) is 11.8 Å². The van der Waals surface area contributed by atoms with Crippen LogP contribution in [-0.2, 0) is 0 Å². The summed E-state index contributed by atoms with van der Waals surface area (Å²) in [6.45, 7) is 16.1. The molecule has 2 heterocycles. The number of fused-ring (bicyclic) bond motifs is 1. The third kappa shape index (κ3) is 6.60. The fourth-order valence-electron chi connectivity index (χ4n) is 6.30. The Balaban J connectivity index is 1.74. The Hall–Kier alpha value is -2.37. The largest absolute Gasteiger partial charge is 0.401 e. The van der Waals surface area contributed by atoms with Crippen LogP contribution in [0.2, 0.25) is 0 Å². The molecule has 1 aromatic rings. The van der Waals surface area contributed by atoms with E-state index in [0.717, 1.165) is 56.7 Å². The van der Waals surface area contributed by atoms with Crippen LogP contribution in [0, 0.1) is 12.8 Å². The summed E-state index contributed by atoms with van der Waals surface area (Å²) in [6.07, 6.45) is 13.1. The molecule has 5 heteroatoms. The zero-order valence-electron chi connectivity index (χ0n) is 23.8. The fraction of sp³-hybridized carbons (Fsp3) is 0.515. The lowest BCUT2D eigenvalue weighted by Crippen LogP contribution is -2.35. The van der Waals surface area contributed by atoms with Crippen LogP contribution in [0.15, 0.2) is 69.3 Å². The number of nitrogens with zero attached hydrogens (tertiary/aromatic N) is 3. The molecule has 1 fully saturated rings. The van der Waals surface area contributed by atoms with Crippen LogP contribution >= 0.6 is 12.6 Å². The van der Waals surface area contributed by atoms with Gasteiger partial charge in [-0.25, -0.2) is 4.99 Å². The van der Waals surface area contributed by atoms with Crippen molar-refractivity contribution in [1.29, 1.82) is 0 Å². The van der Waals surface area contributed by atoms with Gasteiger partial charge in [0.2, 0.25) is 0 Å². The van der Waals surface area contributed by atoms with E-state index in [9.17, 15) is 0 Å². The molecule has 0 spiro atoms. The SMILES string of the molecule is C=C(N)CN1CCC(c2ccc(C)c(/C(=C(CCC)/C3=C/CCC4N=CN=C4/C(CS)=C\3)C(C)C)c2)CC1. The molecule has 4 rings (SSSR count). The number of likely N-dealkylation sites (tertiary alicyclic amines) is 1. The van der Waals surface area contributed by atoms with Gasteiger partial charge < -0.3 is 5.73 Å². The third-order valence-corrected chi connectivity index (χ3v) is 8.52. The van der Waals surface area contributed by atoms with Gasteiger partial charge in [-0.3, -0.25) is 9.89 Å². The first kappa shape index (κ1) is 28.6. The van der Waals surface area contributed by atoms with Crippen molar-refractivity contribution in [1.82, 2.24) is 4.90 Å². The smallest absolute Gasteiger partial charge is 0.111 e. The average molecular weight is 531 g/mol. The monoisotopic (exact) mass is 530 g/mol. The van der Waals surface area contributed by atoms with E-state index < -0.39 is 0 Å². The number of aliphatic imine (C=N–C) groups is 2. The van der Waals surface area contributed by atoms with E-state index in [1.807, 2.05) is 0 Å². The van der Waals surface area contributed by atoms with E-state index in [0.29, 0.717) is 17.6 Å². The number of rotatable bonds is 9. The van der Waals surface area contributed by atoms with Crippen LogP contribution in [0.4, 0.5) is 0 Å². The van der Waals surface area contributed by atoms with E-state index in [-0.39, 0.29) is 6.04 Å². The summed E-state index contributed by atoms with van der Waals surface area (Å²) in [4.78, 5) is 11.7. The molecule has 0 saturated carbocycles. The topological polar surface area (TPSA) is 54.0 Å². The zero-order valence-corrected chi connectivity index (χ0v) is 24.7. The maximum absolute atomic E-state index is 5.88. The number of thiol groups is 1. The fourth-order valence-corrected chi connectivity index (χ4v) is 6.55. The van der Waals surface area contributed by atoms with Gasteiger partial charge in [-0.15, -0.1) is 0 Å². The quantitative estimate of drug-likeness (QED) is 0.330. The van der Waals surface area contributed by atoms with E-state index in [1.54, 1.807) is 6.34 Å². The van der Waals surface area contributed by atoms with E-state index in [2.05, 4.69) is 79.5 Å². The number of aryl methyl sites for hydroxylation is 1. The lowest BCUT2D eigenvalue weighted by molar-refractivity contribution is 0.228. The minimum absolute atomic E-state index is 0.183. The minimum atomic E-state index is 0.183. The molecule has 0 amide bonds. The highest BCUT2D eigenvalue weighted by Gasteiger charge is 2.26. The molecular weight excluding hydrogens is 484 g/mol. The summed E-state index contributed by atoms with van der Waals surface area (Å²) in [6, 6.07) is 7.41. The molecule has 4 nitrogen and oxygen atoms in total. The second-order valence-corrected chi connectivity index (χ2v) is 11.8. The van der Waals surface area contributed by atoms with Gasteiger partial charge in [0.15, 0.2) is 0 Å². The molecule has 38 heavy (non-hydrogen) atoms. The Kier molecular flexibility index (Phi) is 9.89. The lowest BCUT2D eigenvalue weighted by atomic mass is 9.80. The number of allylic oxidation sites excluding steroid dienone is 5. The molecule has 0 aromatic heterocycles. The Bertz CT molecular complexity index is 1180. The number of piperidine rings is 1. The van der Waals surface area contributed by atoms with Crippen molar-refractivity contribution in [3.8, 4) is 0 Å². The van der Waals surface area contributed by atoms with Gasteiger partial charge in [0.25, 0.3) is 0 Å². The number of hydrogen-bond donors (Lipinski definition) is 2. The second-order valence-electron chi connectivity index (χ2n) is 11.4. The summed E-state index contributed by atoms with van der Waals surface area (Å²) in [5.74, 6) is 1.69. The molecule has 0 radical (unpaired) electrons. The zero-order chi connectivity index (χ0) is 27.2. The normalized spacial score (nSPS) is 24.1. The molecule has 1 aliphatic carbocycles. The van der Waals surface area contributed by atoms with E-state index >= 15 is 0 Å². The van der Waals surface area contributed by atoms with Crippen molar-refractivity contribution >= 4 is 30.3 Å². The lowest BCUT2D eigenvalue weighted by Gasteiger charge is -2.32. The van der Waals surface area contributed by atoms with Crippen LogP contribution in [0.1, 0.15) is 81.9 Å². The number of hydrogen-bond acceptors (Lipinski definition) is 5. The Morgan fingerprint density at radius 2 is 1.97 bits per heavy atom. The first-order valence-electron chi connectivity index (χ1n) is 14.4. The molecule has 1 atom stereocenters. The van der Waals surface area contributed by atoms with Crippen molar-refractivity contribution in [2.45, 2.75) is 78.2 Å². The van der Waals surface area contributed by atoms with Gasteiger partial charge in [0, 0.05) is 18.0 Å². The summed E-state index contributed by atoms with van der Waals surface area (Å²) >= 11 is 4.70. The van der Waals surface area contributed by atoms with Gasteiger partial charge in [-0.1, -0.05) is 58.0 Å². The summed E-state index contributed by atoms with van der Waals surface area (Å²) in [7, 11) is 0. The Morgan fingerprint density at radius 3 is 2.63 bits per heavy atom. The van der Waals surface area contributed by atoms with Crippen LogP contribution in [0.5, 0.6) is 0 Å². The van der Waals surface area contributed by atoms with Crippen molar-refractivity contribution < 1.29 is 0 Å². The molecule has 3 aliphatic rings. The van der Waals surface area contributed by atoms with Crippen LogP contribution in [0.25, 0.3) is 5.57 Å². The number of nitrogens with two attached hydrogens (primary N) is 1. The van der Waals surface area contributed by atoms with Crippen molar-refractivity contribution in [3.05, 3.63) is 76.0 Å². The molecule has 204 valence electrons. The molecule has 1 saturated heterocycles. The first-order valence-corrected chi connectivity index (χ1v) is 15.1. The van der Waals surface area contributed by atoms with Crippen LogP contribution in [-0.4, -0.2) is 48.4 Å². The second kappa shape index (κ2) is 13.1. The highest BCUT2D eigenvalue weighted by atomic mass is 32.1. The Morgan fingerprint density at radius 1 is 1.21 bits per heavy atom. The van der Waals surface area contributed by atoms with Gasteiger partial charge in [-0.05, 0) is 109 Å². The molecule has 2 N–H and O–H groups in total. The first-order chi connectivity index (χ1) is 18.3. The number of benzene rings is 1. The molecule has 2 aliphatic heterocycles. The van der Waals surface area contributed by atoms with Gasteiger partial charge in [-0.2, -0.15) is 12.6 Å². The maximum atomic E-state index is 5.88. The average Bonchev–Trinajstić information content (AvgIpc) is 3.33. The van der Waals surface area contributed by atoms with Gasteiger partial charge >= 0.3 is 0 Å². The van der Waals surface area contributed by atoms with Crippen LogP contribution in [0.3, 0.4) is 0 Å².